The largest absolute Gasteiger partial charge is 0.274 e. The first kappa shape index (κ1) is 17.2. The molecule has 9 heteroatoms. The van der Waals surface area contributed by atoms with Crippen molar-refractivity contribution in [1.82, 2.24) is 4.90 Å². The van der Waals surface area contributed by atoms with E-state index >= 15 is 0 Å². The second-order valence-corrected chi connectivity index (χ2v) is 6.97. The van der Waals surface area contributed by atoms with Crippen LogP contribution in [0.3, 0.4) is 0 Å². The van der Waals surface area contributed by atoms with E-state index in [1.807, 2.05) is 0 Å². The van der Waals surface area contributed by atoms with Gasteiger partial charge in [0.2, 0.25) is 11.8 Å². The molecule has 0 saturated carbocycles. The first-order chi connectivity index (χ1) is 11.2. The highest BCUT2D eigenvalue weighted by atomic mass is 35.5. The topological polar surface area (TPSA) is 70.1 Å². The minimum atomic E-state index is -0.772. The Balaban J connectivity index is 2.06. The van der Waals surface area contributed by atoms with Crippen LogP contribution < -0.4 is 5.01 Å². The lowest BCUT2D eigenvalue weighted by Gasteiger charge is -2.16. The fourth-order valence-electron chi connectivity index (χ4n) is 2.69. The Hall–Kier alpha value is -1.63. The zero-order chi connectivity index (χ0) is 17.8. The molecule has 24 heavy (non-hydrogen) atoms. The SMILES string of the molecule is CC1CC(=O)N(C2=NN(c3c(Cl)cc(Cl)cc3Cl)C(=O)C2C)C1=O. The summed E-state index contributed by atoms with van der Waals surface area (Å²) in [5, 5.41) is 5.78. The van der Waals surface area contributed by atoms with Gasteiger partial charge in [-0.2, -0.15) is 10.1 Å². The maximum atomic E-state index is 12.6. The third-order valence-electron chi connectivity index (χ3n) is 3.96. The Morgan fingerprint density at radius 2 is 1.62 bits per heavy atom. The fraction of sp³-hybridized carbons (Fsp3) is 0.333. The molecule has 0 N–H and O–H groups in total. The van der Waals surface area contributed by atoms with Crippen molar-refractivity contribution < 1.29 is 14.4 Å². The average Bonchev–Trinajstić information content (AvgIpc) is 2.89. The normalized spacial score (nSPS) is 24.2. The maximum Gasteiger partial charge on any atom is 0.258 e. The van der Waals surface area contributed by atoms with Gasteiger partial charge >= 0.3 is 0 Å². The zero-order valence-corrected chi connectivity index (χ0v) is 15.0. The molecular formula is C15H12Cl3N3O3. The van der Waals surface area contributed by atoms with Gasteiger partial charge in [-0.1, -0.05) is 41.7 Å². The summed E-state index contributed by atoms with van der Waals surface area (Å²) in [6.07, 6.45) is 0.0984. The van der Waals surface area contributed by atoms with Gasteiger partial charge in [-0.25, -0.2) is 4.90 Å². The van der Waals surface area contributed by atoms with E-state index in [1.165, 1.54) is 12.1 Å². The Labute approximate surface area is 152 Å². The first-order valence-electron chi connectivity index (χ1n) is 7.16. The van der Waals surface area contributed by atoms with Gasteiger partial charge in [0.1, 0.15) is 5.69 Å². The quantitative estimate of drug-likeness (QED) is 0.693. The van der Waals surface area contributed by atoms with Crippen molar-refractivity contribution in [1.29, 1.82) is 0 Å². The predicted octanol–water partition coefficient (Wildman–Crippen LogP) is 3.34. The summed E-state index contributed by atoms with van der Waals surface area (Å²) in [6.45, 7) is 3.23. The number of carbonyl (C=O) groups excluding carboxylic acids is 3. The molecule has 1 aromatic rings. The van der Waals surface area contributed by atoms with Crippen LogP contribution in [0.25, 0.3) is 0 Å². The summed E-state index contributed by atoms with van der Waals surface area (Å²) in [7, 11) is 0. The lowest BCUT2D eigenvalue weighted by atomic mass is 10.1. The van der Waals surface area contributed by atoms with E-state index in [1.54, 1.807) is 13.8 Å². The van der Waals surface area contributed by atoms with Crippen LogP contribution in [0, 0.1) is 11.8 Å². The molecule has 2 heterocycles. The van der Waals surface area contributed by atoms with Crippen LogP contribution >= 0.6 is 34.8 Å². The van der Waals surface area contributed by atoms with Crippen molar-refractivity contribution in [3.05, 3.63) is 27.2 Å². The molecule has 3 amide bonds. The van der Waals surface area contributed by atoms with Gasteiger partial charge < -0.3 is 0 Å². The molecule has 2 atom stereocenters. The van der Waals surface area contributed by atoms with Crippen LogP contribution in [0.2, 0.25) is 15.1 Å². The summed E-state index contributed by atoms with van der Waals surface area (Å²) >= 11 is 18.1. The number of benzene rings is 1. The van der Waals surface area contributed by atoms with Crippen molar-refractivity contribution in [2.24, 2.45) is 16.9 Å². The molecular weight excluding hydrogens is 377 g/mol. The number of amides is 3. The molecule has 1 fully saturated rings. The molecule has 0 aliphatic carbocycles. The third-order valence-corrected chi connectivity index (χ3v) is 4.76. The highest BCUT2D eigenvalue weighted by Gasteiger charge is 2.46. The first-order valence-corrected chi connectivity index (χ1v) is 8.29. The monoisotopic (exact) mass is 387 g/mol. The number of hydrazone groups is 1. The van der Waals surface area contributed by atoms with Gasteiger partial charge in [-0.3, -0.25) is 14.4 Å². The van der Waals surface area contributed by atoms with Crippen LogP contribution in [-0.4, -0.2) is 28.5 Å². The van der Waals surface area contributed by atoms with Crippen molar-refractivity contribution in [2.75, 3.05) is 5.01 Å². The van der Waals surface area contributed by atoms with Crippen molar-refractivity contribution in [2.45, 2.75) is 20.3 Å². The molecule has 6 nitrogen and oxygen atoms in total. The number of hydrogen-bond donors (Lipinski definition) is 0. The molecule has 126 valence electrons. The molecule has 3 rings (SSSR count). The van der Waals surface area contributed by atoms with Crippen LogP contribution in [0.5, 0.6) is 0 Å². The molecule has 0 aromatic heterocycles. The van der Waals surface area contributed by atoms with Crippen LogP contribution in [-0.2, 0) is 14.4 Å². The number of rotatable bonds is 1. The van der Waals surface area contributed by atoms with Crippen molar-refractivity contribution in [3.63, 3.8) is 0 Å². The molecule has 1 aromatic carbocycles. The predicted molar refractivity (Wildman–Crippen MR) is 91.2 cm³/mol. The average molecular weight is 389 g/mol. The Kier molecular flexibility index (Phi) is 4.32. The number of hydrogen-bond acceptors (Lipinski definition) is 4. The number of anilines is 1. The van der Waals surface area contributed by atoms with Gasteiger partial charge in [0.25, 0.3) is 5.91 Å². The van der Waals surface area contributed by atoms with E-state index in [0.717, 1.165) is 9.91 Å². The van der Waals surface area contributed by atoms with E-state index in [0.29, 0.717) is 5.02 Å². The lowest BCUT2D eigenvalue weighted by molar-refractivity contribution is -0.134. The molecule has 0 radical (unpaired) electrons. The number of carbonyl (C=O) groups is 3. The van der Waals surface area contributed by atoms with E-state index in [2.05, 4.69) is 5.10 Å². The van der Waals surface area contributed by atoms with Crippen molar-refractivity contribution in [3.8, 4) is 0 Å². The van der Waals surface area contributed by atoms with Gasteiger partial charge in [-0.05, 0) is 19.1 Å². The molecule has 2 aliphatic heterocycles. The summed E-state index contributed by atoms with van der Waals surface area (Å²) in [4.78, 5) is 37.8. The highest BCUT2D eigenvalue weighted by molar-refractivity contribution is 6.43. The van der Waals surface area contributed by atoms with Crippen LogP contribution in [0.15, 0.2) is 17.2 Å². The number of likely N-dealkylation sites (tertiary alicyclic amines) is 1. The lowest BCUT2D eigenvalue weighted by Crippen LogP contribution is -2.40. The standard InChI is InChI=1S/C15H12Cl3N3O3/c1-6-3-11(22)20(14(6)23)13-7(2)15(24)21(19-13)12-9(17)4-8(16)5-10(12)18/h4-7H,3H2,1-2H3. The summed E-state index contributed by atoms with van der Waals surface area (Å²) in [6, 6.07) is 2.87. The number of amidine groups is 1. The van der Waals surface area contributed by atoms with Gasteiger partial charge in [0, 0.05) is 17.4 Å². The van der Waals surface area contributed by atoms with Gasteiger partial charge in [-0.15, -0.1) is 0 Å². The molecule has 0 bridgehead atoms. The highest BCUT2D eigenvalue weighted by Crippen LogP contribution is 2.39. The molecule has 1 saturated heterocycles. The van der Waals surface area contributed by atoms with Crippen LogP contribution in [0.1, 0.15) is 20.3 Å². The summed E-state index contributed by atoms with van der Waals surface area (Å²) < 4.78 is 0. The molecule has 2 unspecified atom stereocenters. The number of halogens is 3. The van der Waals surface area contributed by atoms with Crippen molar-refractivity contribution >= 4 is 64.0 Å². The van der Waals surface area contributed by atoms with E-state index < -0.39 is 17.7 Å². The minimum absolute atomic E-state index is 0.0847. The molecule has 0 spiro atoms. The Morgan fingerprint density at radius 1 is 1.04 bits per heavy atom. The second-order valence-electron chi connectivity index (χ2n) is 5.72. The summed E-state index contributed by atoms with van der Waals surface area (Å²) in [5.74, 6) is -2.29. The molecule has 2 aliphatic rings. The van der Waals surface area contributed by atoms with E-state index in [4.69, 9.17) is 34.8 Å². The van der Waals surface area contributed by atoms with E-state index in [9.17, 15) is 14.4 Å². The summed E-state index contributed by atoms with van der Waals surface area (Å²) in [5.41, 5.74) is 0.168. The third kappa shape index (κ3) is 2.59. The fourth-order valence-corrected chi connectivity index (χ4v) is 3.67. The smallest absolute Gasteiger partial charge is 0.258 e. The minimum Gasteiger partial charge on any atom is -0.274 e. The Morgan fingerprint density at radius 3 is 2.12 bits per heavy atom. The second kappa shape index (κ2) is 6.02. The van der Waals surface area contributed by atoms with Gasteiger partial charge in [0.15, 0.2) is 5.84 Å². The van der Waals surface area contributed by atoms with Gasteiger partial charge in [0.05, 0.1) is 16.0 Å². The maximum absolute atomic E-state index is 12.6. The van der Waals surface area contributed by atoms with E-state index in [-0.39, 0.29) is 39.8 Å². The van der Waals surface area contributed by atoms with Crippen LogP contribution in [0.4, 0.5) is 5.69 Å². The zero-order valence-electron chi connectivity index (χ0n) is 12.7. The Bertz CT molecular complexity index is 785. The number of nitrogens with zero attached hydrogens (tertiary/aromatic N) is 3. The number of imide groups is 1.